The molecule has 102 valence electrons. The minimum absolute atomic E-state index is 0.0138. The zero-order valence-corrected chi connectivity index (χ0v) is 9.90. The van der Waals surface area contributed by atoms with Gasteiger partial charge in [0.1, 0.15) is 36.9 Å². The van der Waals surface area contributed by atoms with Gasteiger partial charge in [0.2, 0.25) is 0 Å². The molecule has 6 nitrogen and oxygen atoms in total. The van der Waals surface area contributed by atoms with Crippen molar-refractivity contribution in [2.45, 2.75) is 12.2 Å². The van der Waals surface area contributed by atoms with Crippen molar-refractivity contribution in [3.63, 3.8) is 0 Å². The summed E-state index contributed by atoms with van der Waals surface area (Å²) in [6.07, 6.45) is -1.80. The van der Waals surface area contributed by atoms with Crippen molar-refractivity contribution in [1.29, 1.82) is 0 Å². The SMILES string of the molecule is OCC(O)COc1ccc(OCC(O)CO)cc1. The van der Waals surface area contributed by atoms with Crippen molar-refractivity contribution in [3.8, 4) is 11.5 Å². The van der Waals surface area contributed by atoms with Crippen LogP contribution < -0.4 is 9.47 Å². The molecule has 0 amide bonds. The van der Waals surface area contributed by atoms with Crippen molar-refractivity contribution in [2.24, 2.45) is 0 Å². The third-order valence-corrected chi connectivity index (χ3v) is 2.13. The van der Waals surface area contributed by atoms with Crippen LogP contribution in [0.1, 0.15) is 0 Å². The zero-order chi connectivity index (χ0) is 13.4. The monoisotopic (exact) mass is 258 g/mol. The van der Waals surface area contributed by atoms with Gasteiger partial charge in [-0.15, -0.1) is 0 Å². The summed E-state index contributed by atoms with van der Waals surface area (Å²) in [6.45, 7) is -0.666. The molecule has 0 spiro atoms. The number of hydrogen-bond donors (Lipinski definition) is 4. The molecule has 0 bridgehead atoms. The van der Waals surface area contributed by atoms with Gasteiger partial charge in [-0.2, -0.15) is 0 Å². The molecule has 18 heavy (non-hydrogen) atoms. The van der Waals surface area contributed by atoms with Crippen LogP contribution in [-0.4, -0.2) is 59.1 Å². The predicted octanol–water partition coefficient (Wildman–Crippen LogP) is -0.849. The Bertz CT molecular complexity index is 293. The van der Waals surface area contributed by atoms with Crippen molar-refractivity contribution >= 4 is 0 Å². The molecule has 1 aromatic rings. The second kappa shape index (κ2) is 7.88. The Labute approximate surface area is 105 Å². The molecule has 1 aromatic carbocycles. The van der Waals surface area contributed by atoms with E-state index in [4.69, 9.17) is 29.9 Å². The third kappa shape index (κ3) is 5.33. The molecule has 0 saturated heterocycles. The van der Waals surface area contributed by atoms with Crippen molar-refractivity contribution in [2.75, 3.05) is 26.4 Å². The standard InChI is InChI=1S/C12H18O6/c13-5-9(15)7-17-11-1-2-12(4-3-11)18-8-10(16)6-14/h1-4,9-10,13-16H,5-8H2. The Morgan fingerprint density at radius 2 is 1.11 bits per heavy atom. The van der Waals surface area contributed by atoms with Gasteiger partial charge in [-0.3, -0.25) is 0 Å². The highest BCUT2D eigenvalue weighted by Gasteiger charge is 2.05. The van der Waals surface area contributed by atoms with Gasteiger partial charge in [0.25, 0.3) is 0 Å². The van der Waals surface area contributed by atoms with Crippen LogP contribution in [-0.2, 0) is 0 Å². The van der Waals surface area contributed by atoms with E-state index in [2.05, 4.69) is 0 Å². The van der Waals surface area contributed by atoms with Crippen LogP contribution in [0.25, 0.3) is 0 Å². The van der Waals surface area contributed by atoms with Crippen molar-refractivity contribution in [3.05, 3.63) is 24.3 Å². The first kappa shape index (κ1) is 14.7. The molecule has 0 fully saturated rings. The smallest absolute Gasteiger partial charge is 0.119 e. The van der Waals surface area contributed by atoms with Crippen molar-refractivity contribution < 1.29 is 29.9 Å². The summed E-state index contributed by atoms with van der Waals surface area (Å²) >= 11 is 0. The highest BCUT2D eigenvalue weighted by atomic mass is 16.5. The summed E-state index contributed by atoms with van der Waals surface area (Å²) in [5.41, 5.74) is 0. The van der Waals surface area contributed by atoms with E-state index in [-0.39, 0.29) is 26.4 Å². The average Bonchev–Trinajstić information content (AvgIpc) is 2.43. The number of rotatable bonds is 8. The maximum atomic E-state index is 9.10. The molecule has 0 aliphatic rings. The van der Waals surface area contributed by atoms with Crippen LogP contribution in [0.4, 0.5) is 0 Å². The highest BCUT2D eigenvalue weighted by Crippen LogP contribution is 2.17. The van der Waals surface area contributed by atoms with Crippen LogP contribution in [0.3, 0.4) is 0 Å². The fourth-order valence-corrected chi connectivity index (χ4v) is 1.12. The zero-order valence-electron chi connectivity index (χ0n) is 9.90. The van der Waals surface area contributed by atoms with Crippen molar-refractivity contribution in [1.82, 2.24) is 0 Å². The van der Waals surface area contributed by atoms with Gasteiger partial charge in [-0.1, -0.05) is 0 Å². The quantitative estimate of drug-likeness (QED) is 0.485. The Balaban J connectivity index is 2.37. The molecule has 0 heterocycles. The van der Waals surface area contributed by atoms with Gasteiger partial charge in [0.05, 0.1) is 13.2 Å². The Hall–Kier alpha value is -1.34. The summed E-state index contributed by atoms with van der Waals surface area (Å²) in [4.78, 5) is 0. The average molecular weight is 258 g/mol. The predicted molar refractivity (Wildman–Crippen MR) is 63.6 cm³/mol. The lowest BCUT2D eigenvalue weighted by Gasteiger charge is -2.12. The van der Waals surface area contributed by atoms with E-state index >= 15 is 0 Å². The normalized spacial score (nSPS) is 14.0. The lowest BCUT2D eigenvalue weighted by atomic mass is 10.3. The first-order valence-corrected chi connectivity index (χ1v) is 5.59. The maximum absolute atomic E-state index is 9.10. The topological polar surface area (TPSA) is 99.4 Å². The second-order valence-electron chi connectivity index (χ2n) is 3.77. The van der Waals surface area contributed by atoms with Gasteiger partial charge < -0.3 is 29.9 Å². The maximum Gasteiger partial charge on any atom is 0.119 e. The second-order valence-corrected chi connectivity index (χ2v) is 3.77. The minimum Gasteiger partial charge on any atom is -0.491 e. The summed E-state index contributed by atoms with van der Waals surface area (Å²) in [6, 6.07) is 6.57. The fraction of sp³-hybridized carbons (Fsp3) is 0.500. The summed E-state index contributed by atoms with van der Waals surface area (Å²) in [5, 5.41) is 35.4. The summed E-state index contributed by atoms with van der Waals surface area (Å²) < 4.78 is 10.4. The molecule has 2 atom stereocenters. The van der Waals surface area contributed by atoms with Crippen LogP contribution in [0.5, 0.6) is 11.5 Å². The molecule has 0 saturated carbocycles. The lowest BCUT2D eigenvalue weighted by Crippen LogP contribution is -2.21. The molecule has 0 aliphatic carbocycles. The largest absolute Gasteiger partial charge is 0.491 e. The van der Waals surface area contributed by atoms with E-state index in [9.17, 15) is 0 Å². The Morgan fingerprint density at radius 3 is 1.39 bits per heavy atom. The molecule has 6 heteroatoms. The van der Waals surface area contributed by atoms with Gasteiger partial charge in [0, 0.05) is 0 Å². The van der Waals surface area contributed by atoms with Gasteiger partial charge in [-0.25, -0.2) is 0 Å². The molecular weight excluding hydrogens is 240 g/mol. The van der Waals surface area contributed by atoms with E-state index in [1.807, 2.05) is 0 Å². The molecule has 1 rings (SSSR count). The Morgan fingerprint density at radius 1 is 0.778 bits per heavy atom. The van der Waals surface area contributed by atoms with Gasteiger partial charge in [-0.05, 0) is 24.3 Å². The Kier molecular flexibility index (Phi) is 6.45. The minimum atomic E-state index is -0.902. The molecule has 0 aliphatic heterocycles. The van der Waals surface area contributed by atoms with E-state index in [1.54, 1.807) is 24.3 Å². The number of hydrogen-bond acceptors (Lipinski definition) is 6. The number of benzene rings is 1. The molecule has 2 unspecified atom stereocenters. The van der Waals surface area contributed by atoms with Crippen LogP contribution >= 0.6 is 0 Å². The molecule has 4 N–H and O–H groups in total. The third-order valence-electron chi connectivity index (χ3n) is 2.13. The first-order valence-electron chi connectivity index (χ1n) is 5.59. The molecule has 0 aromatic heterocycles. The number of ether oxygens (including phenoxy) is 2. The van der Waals surface area contributed by atoms with Gasteiger partial charge in [0.15, 0.2) is 0 Å². The highest BCUT2D eigenvalue weighted by molar-refractivity contribution is 5.31. The summed E-state index contributed by atoms with van der Waals surface area (Å²) in [5.74, 6) is 1.08. The van der Waals surface area contributed by atoms with Crippen LogP contribution in [0.2, 0.25) is 0 Å². The fourth-order valence-electron chi connectivity index (χ4n) is 1.12. The van der Waals surface area contributed by atoms with E-state index < -0.39 is 12.2 Å². The van der Waals surface area contributed by atoms with E-state index in [0.29, 0.717) is 11.5 Å². The van der Waals surface area contributed by atoms with E-state index in [0.717, 1.165) is 0 Å². The number of aliphatic hydroxyl groups excluding tert-OH is 4. The van der Waals surface area contributed by atoms with E-state index in [1.165, 1.54) is 0 Å². The molecular formula is C12H18O6. The number of aliphatic hydroxyl groups is 4. The summed E-state index contributed by atoms with van der Waals surface area (Å²) in [7, 11) is 0. The molecule has 0 radical (unpaired) electrons. The van der Waals surface area contributed by atoms with Crippen LogP contribution in [0.15, 0.2) is 24.3 Å². The van der Waals surface area contributed by atoms with Crippen LogP contribution in [0, 0.1) is 0 Å². The lowest BCUT2D eigenvalue weighted by molar-refractivity contribution is 0.0524. The van der Waals surface area contributed by atoms with Gasteiger partial charge >= 0.3 is 0 Å². The first-order chi connectivity index (χ1) is 8.65.